The molecule has 1 amide bonds. The number of benzene rings is 2. The summed E-state index contributed by atoms with van der Waals surface area (Å²) in [6.07, 6.45) is 2.96. The summed E-state index contributed by atoms with van der Waals surface area (Å²) in [6.45, 7) is 4.20. The Kier molecular flexibility index (Phi) is 6.34. The Morgan fingerprint density at radius 3 is 2.56 bits per heavy atom. The first kappa shape index (κ1) is 22.5. The third kappa shape index (κ3) is 4.71. The molecule has 10 heteroatoms. The molecular weight excluding hydrogens is 452 g/mol. The standard InChI is InChI=1S/C22H23ClN4O4S/c1-15-13-26(14-16(2)31-15)32(29,30)19-6-3-5-17(11-19)22(28)25-20-12-18(23)7-8-21(20)27-10-4-9-24-27/h3-12,15-16H,13-14H2,1-2H3,(H,25,28). The molecule has 1 fully saturated rings. The number of carbonyl (C=O) groups excluding carboxylic acids is 1. The Balaban J connectivity index is 1.61. The lowest BCUT2D eigenvalue weighted by atomic mass is 10.2. The predicted molar refractivity (Wildman–Crippen MR) is 122 cm³/mol. The molecule has 1 aliphatic rings. The molecule has 1 aromatic heterocycles. The van der Waals surface area contributed by atoms with E-state index in [2.05, 4.69) is 10.4 Å². The van der Waals surface area contributed by atoms with Gasteiger partial charge in [0.25, 0.3) is 5.91 Å². The van der Waals surface area contributed by atoms with Gasteiger partial charge in [-0.15, -0.1) is 0 Å². The number of nitrogens with zero attached hydrogens (tertiary/aromatic N) is 3. The molecule has 2 heterocycles. The van der Waals surface area contributed by atoms with E-state index in [1.807, 2.05) is 13.8 Å². The summed E-state index contributed by atoms with van der Waals surface area (Å²) < 4.78 is 35.0. The van der Waals surface area contributed by atoms with Crippen molar-refractivity contribution in [1.29, 1.82) is 0 Å². The van der Waals surface area contributed by atoms with Gasteiger partial charge in [-0.2, -0.15) is 9.40 Å². The van der Waals surface area contributed by atoms with E-state index in [1.54, 1.807) is 53.5 Å². The highest BCUT2D eigenvalue weighted by molar-refractivity contribution is 7.89. The zero-order valence-corrected chi connectivity index (χ0v) is 19.2. The van der Waals surface area contributed by atoms with Gasteiger partial charge in [-0.25, -0.2) is 13.1 Å². The van der Waals surface area contributed by atoms with E-state index in [4.69, 9.17) is 16.3 Å². The zero-order valence-electron chi connectivity index (χ0n) is 17.6. The van der Waals surface area contributed by atoms with Crippen molar-refractivity contribution in [3.05, 3.63) is 71.5 Å². The lowest BCUT2D eigenvalue weighted by molar-refractivity contribution is -0.0440. The minimum atomic E-state index is -3.77. The van der Waals surface area contributed by atoms with Crippen LogP contribution < -0.4 is 5.32 Å². The summed E-state index contributed by atoms with van der Waals surface area (Å²) >= 11 is 6.13. The van der Waals surface area contributed by atoms with Crippen LogP contribution in [0.25, 0.3) is 5.69 Å². The van der Waals surface area contributed by atoms with Gasteiger partial charge in [0.1, 0.15) is 0 Å². The van der Waals surface area contributed by atoms with Gasteiger partial charge in [0.05, 0.1) is 28.5 Å². The molecule has 0 saturated carbocycles. The summed E-state index contributed by atoms with van der Waals surface area (Å²) in [5.41, 5.74) is 1.30. The van der Waals surface area contributed by atoms with Crippen LogP contribution in [0, 0.1) is 0 Å². The molecule has 2 aromatic carbocycles. The number of halogens is 1. The molecule has 0 spiro atoms. The summed E-state index contributed by atoms with van der Waals surface area (Å²) in [5.74, 6) is -0.457. The van der Waals surface area contributed by atoms with Crippen molar-refractivity contribution in [1.82, 2.24) is 14.1 Å². The third-order valence-electron chi connectivity index (χ3n) is 5.08. The van der Waals surface area contributed by atoms with E-state index in [-0.39, 0.29) is 35.8 Å². The maximum atomic E-state index is 13.2. The Morgan fingerprint density at radius 1 is 1.12 bits per heavy atom. The van der Waals surface area contributed by atoms with Crippen molar-refractivity contribution in [2.75, 3.05) is 18.4 Å². The van der Waals surface area contributed by atoms with Crippen LogP contribution in [-0.4, -0.2) is 53.7 Å². The number of amides is 1. The molecule has 0 bridgehead atoms. The van der Waals surface area contributed by atoms with E-state index < -0.39 is 15.9 Å². The summed E-state index contributed by atoms with van der Waals surface area (Å²) in [6, 6.07) is 12.8. The van der Waals surface area contributed by atoms with Gasteiger partial charge in [-0.3, -0.25) is 4.79 Å². The van der Waals surface area contributed by atoms with Crippen LogP contribution in [0.5, 0.6) is 0 Å². The van der Waals surface area contributed by atoms with Crippen molar-refractivity contribution < 1.29 is 17.9 Å². The first-order valence-corrected chi connectivity index (χ1v) is 11.9. The summed E-state index contributed by atoms with van der Waals surface area (Å²) in [4.78, 5) is 13.1. The number of sulfonamides is 1. The number of hydrogen-bond acceptors (Lipinski definition) is 5. The molecule has 8 nitrogen and oxygen atoms in total. The number of ether oxygens (including phenoxy) is 1. The largest absolute Gasteiger partial charge is 0.373 e. The highest BCUT2D eigenvalue weighted by atomic mass is 35.5. The van der Waals surface area contributed by atoms with Crippen LogP contribution >= 0.6 is 11.6 Å². The van der Waals surface area contributed by atoms with Crippen molar-refractivity contribution in [3.63, 3.8) is 0 Å². The monoisotopic (exact) mass is 474 g/mol. The molecule has 0 radical (unpaired) electrons. The fourth-order valence-corrected chi connectivity index (χ4v) is 5.50. The van der Waals surface area contributed by atoms with Crippen LogP contribution in [-0.2, 0) is 14.8 Å². The second-order valence-corrected chi connectivity index (χ2v) is 10.0. The third-order valence-corrected chi connectivity index (χ3v) is 7.14. The Labute approximate surface area is 191 Å². The van der Waals surface area contributed by atoms with Gasteiger partial charge in [-0.1, -0.05) is 17.7 Å². The van der Waals surface area contributed by atoms with E-state index in [1.165, 1.54) is 16.4 Å². The summed E-state index contributed by atoms with van der Waals surface area (Å²) in [7, 11) is -3.77. The first-order chi connectivity index (χ1) is 15.2. The lowest BCUT2D eigenvalue weighted by Gasteiger charge is -2.34. The number of nitrogens with one attached hydrogen (secondary N) is 1. The average Bonchev–Trinajstić information content (AvgIpc) is 3.28. The Hall–Kier alpha value is -2.72. The number of carbonyl (C=O) groups is 1. The molecule has 1 saturated heterocycles. The molecule has 1 N–H and O–H groups in total. The number of rotatable bonds is 5. The second kappa shape index (κ2) is 9.03. The van der Waals surface area contributed by atoms with Crippen LogP contribution in [0.1, 0.15) is 24.2 Å². The van der Waals surface area contributed by atoms with Crippen LogP contribution in [0.2, 0.25) is 5.02 Å². The number of anilines is 1. The minimum absolute atomic E-state index is 0.0600. The Bertz CT molecular complexity index is 1220. The van der Waals surface area contributed by atoms with Crippen molar-refractivity contribution in [3.8, 4) is 5.69 Å². The topological polar surface area (TPSA) is 93.5 Å². The molecule has 32 heavy (non-hydrogen) atoms. The van der Waals surface area contributed by atoms with Gasteiger partial charge >= 0.3 is 0 Å². The number of hydrogen-bond donors (Lipinski definition) is 1. The molecule has 2 atom stereocenters. The molecule has 2 unspecified atom stereocenters. The van der Waals surface area contributed by atoms with Crippen molar-refractivity contribution in [2.24, 2.45) is 0 Å². The van der Waals surface area contributed by atoms with Crippen LogP contribution in [0.4, 0.5) is 5.69 Å². The lowest BCUT2D eigenvalue weighted by Crippen LogP contribution is -2.48. The fourth-order valence-electron chi connectivity index (χ4n) is 3.69. The van der Waals surface area contributed by atoms with Gasteiger partial charge in [0.15, 0.2) is 0 Å². The maximum Gasteiger partial charge on any atom is 0.255 e. The Morgan fingerprint density at radius 2 is 1.88 bits per heavy atom. The van der Waals surface area contributed by atoms with Crippen molar-refractivity contribution >= 4 is 33.2 Å². The zero-order chi connectivity index (χ0) is 22.9. The van der Waals surface area contributed by atoms with E-state index >= 15 is 0 Å². The van der Waals surface area contributed by atoms with Gasteiger partial charge < -0.3 is 10.1 Å². The van der Waals surface area contributed by atoms with Gasteiger partial charge in [0, 0.05) is 36.1 Å². The normalized spacial score (nSPS) is 19.6. The first-order valence-electron chi connectivity index (χ1n) is 10.1. The summed E-state index contributed by atoms with van der Waals surface area (Å²) in [5, 5.41) is 7.46. The molecule has 0 aliphatic carbocycles. The highest BCUT2D eigenvalue weighted by Gasteiger charge is 2.32. The number of morpholine rings is 1. The molecule has 4 rings (SSSR count). The number of aromatic nitrogens is 2. The predicted octanol–water partition coefficient (Wildman–Crippen LogP) is 3.58. The molecular formula is C22H23ClN4O4S. The van der Waals surface area contributed by atoms with Crippen LogP contribution in [0.15, 0.2) is 65.8 Å². The van der Waals surface area contributed by atoms with E-state index in [9.17, 15) is 13.2 Å². The molecule has 168 valence electrons. The molecule has 1 aliphatic heterocycles. The van der Waals surface area contributed by atoms with E-state index in [0.717, 1.165) is 0 Å². The molecule has 3 aromatic rings. The maximum absolute atomic E-state index is 13.2. The van der Waals surface area contributed by atoms with E-state index in [0.29, 0.717) is 16.4 Å². The highest BCUT2D eigenvalue weighted by Crippen LogP contribution is 2.26. The second-order valence-electron chi connectivity index (χ2n) is 7.67. The minimum Gasteiger partial charge on any atom is -0.373 e. The van der Waals surface area contributed by atoms with Gasteiger partial charge in [-0.05, 0) is 56.3 Å². The quantitative estimate of drug-likeness (QED) is 0.610. The fraction of sp³-hybridized carbons (Fsp3) is 0.273. The van der Waals surface area contributed by atoms with Gasteiger partial charge in [0.2, 0.25) is 10.0 Å². The average molecular weight is 475 g/mol. The van der Waals surface area contributed by atoms with Crippen molar-refractivity contribution in [2.45, 2.75) is 31.0 Å². The smallest absolute Gasteiger partial charge is 0.255 e. The van der Waals surface area contributed by atoms with Crippen LogP contribution in [0.3, 0.4) is 0 Å². The SMILES string of the molecule is CC1CN(S(=O)(=O)c2cccc(C(=O)Nc3cc(Cl)ccc3-n3cccn3)c2)CC(C)O1.